The van der Waals surface area contributed by atoms with Crippen LogP contribution in [0.25, 0.3) is 0 Å². The second-order valence-electron chi connectivity index (χ2n) is 6.34. The summed E-state index contributed by atoms with van der Waals surface area (Å²) < 4.78 is 1.96. The van der Waals surface area contributed by atoms with Crippen LogP contribution in [-0.4, -0.2) is 73.2 Å². The molecule has 3 rings (SSSR count). The van der Waals surface area contributed by atoms with Gasteiger partial charge in [0.25, 0.3) is 12.4 Å². The molecule has 0 atom stereocenters. The van der Waals surface area contributed by atoms with Crippen molar-refractivity contribution in [3.8, 4) is 0 Å². The fraction of sp³-hybridized carbons (Fsp3) is 0.421. The van der Waals surface area contributed by atoms with Crippen LogP contribution in [-0.2, 0) is 17.9 Å². The molecule has 0 unspecified atom stereocenters. The molecule has 1 saturated heterocycles. The van der Waals surface area contributed by atoms with Gasteiger partial charge in [-0.1, -0.05) is 6.08 Å². The number of allylic oxidation sites excluding steroid dienone is 1. The number of carboxylic acid groups (broad SMARTS) is 1. The standard InChI is InChI=1S/C18H24N6O.CH2O2/c1-3-7-24-15(2)16(12-21-24)14-22-8-4-9-23(11-10-22)18(25)17-13-19-5-6-20-17;2-1-3/h3,5-6,12-13H,1,4,7-11,14H2,2H3;1H,(H,2,3). The summed E-state index contributed by atoms with van der Waals surface area (Å²) in [6.07, 6.45) is 9.41. The molecule has 0 aromatic carbocycles. The van der Waals surface area contributed by atoms with Crippen LogP contribution < -0.4 is 0 Å². The molecule has 3 heterocycles. The Hall–Kier alpha value is -3.07. The lowest BCUT2D eigenvalue weighted by molar-refractivity contribution is -0.122. The SMILES string of the molecule is C=CCn1ncc(CN2CCCN(C(=O)c3cnccn3)CC2)c1C.O=CO. The minimum absolute atomic E-state index is 0.0371. The van der Waals surface area contributed by atoms with E-state index in [0.717, 1.165) is 39.1 Å². The number of carbonyl (C=O) groups is 2. The fourth-order valence-corrected chi connectivity index (χ4v) is 3.09. The third kappa shape index (κ3) is 5.71. The Labute approximate surface area is 164 Å². The maximum absolute atomic E-state index is 12.5. The van der Waals surface area contributed by atoms with Gasteiger partial charge in [-0.3, -0.25) is 24.2 Å². The van der Waals surface area contributed by atoms with Crippen LogP contribution in [0, 0.1) is 6.92 Å². The zero-order valence-electron chi connectivity index (χ0n) is 16.1. The maximum atomic E-state index is 12.5. The van der Waals surface area contributed by atoms with Crippen molar-refractivity contribution in [1.29, 1.82) is 0 Å². The highest BCUT2D eigenvalue weighted by atomic mass is 16.3. The summed E-state index contributed by atoms with van der Waals surface area (Å²) in [5.41, 5.74) is 2.82. The topological polar surface area (TPSA) is 104 Å². The number of hydrogen-bond donors (Lipinski definition) is 1. The number of carbonyl (C=O) groups excluding carboxylic acids is 1. The van der Waals surface area contributed by atoms with Gasteiger partial charge in [-0.2, -0.15) is 5.10 Å². The molecule has 1 fully saturated rings. The van der Waals surface area contributed by atoms with E-state index in [9.17, 15) is 4.79 Å². The minimum Gasteiger partial charge on any atom is -0.483 e. The van der Waals surface area contributed by atoms with Crippen LogP contribution in [0.4, 0.5) is 0 Å². The minimum atomic E-state index is -0.250. The molecule has 0 bridgehead atoms. The van der Waals surface area contributed by atoms with Crippen LogP contribution >= 0.6 is 0 Å². The molecule has 9 heteroatoms. The number of aromatic nitrogens is 4. The van der Waals surface area contributed by atoms with Gasteiger partial charge in [0.2, 0.25) is 0 Å². The van der Waals surface area contributed by atoms with Crippen molar-refractivity contribution in [3.05, 3.63) is 54.4 Å². The molecule has 9 nitrogen and oxygen atoms in total. The van der Waals surface area contributed by atoms with E-state index in [0.29, 0.717) is 12.2 Å². The van der Waals surface area contributed by atoms with Crippen LogP contribution in [0.3, 0.4) is 0 Å². The van der Waals surface area contributed by atoms with E-state index in [1.807, 2.05) is 21.9 Å². The first-order valence-electron chi connectivity index (χ1n) is 9.08. The molecule has 0 radical (unpaired) electrons. The summed E-state index contributed by atoms with van der Waals surface area (Å²) in [6, 6.07) is 0. The van der Waals surface area contributed by atoms with Crippen LogP contribution in [0.15, 0.2) is 37.4 Å². The van der Waals surface area contributed by atoms with Crippen molar-refractivity contribution < 1.29 is 14.7 Å². The highest BCUT2D eigenvalue weighted by Gasteiger charge is 2.22. The number of hydrogen-bond acceptors (Lipinski definition) is 6. The van der Waals surface area contributed by atoms with Gasteiger partial charge in [-0.15, -0.1) is 6.58 Å². The molecule has 1 N–H and O–H groups in total. The summed E-state index contributed by atoms with van der Waals surface area (Å²) >= 11 is 0. The summed E-state index contributed by atoms with van der Waals surface area (Å²) in [7, 11) is 0. The normalized spacial score (nSPS) is 14.5. The van der Waals surface area contributed by atoms with Crippen molar-refractivity contribution in [2.75, 3.05) is 26.2 Å². The highest BCUT2D eigenvalue weighted by molar-refractivity contribution is 5.91. The number of nitrogens with zero attached hydrogens (tertiary/aromatic N) is 6. The third-order valence-corrected chi connectivity index (χ3v) is 4.56. The van der Waals surface area contributed by atoms with E-state index in [4.69, 9.17) is 9.90 Å². The summed E-state index contributed by atoms with van der Waals surface area (Å²) in [5, 5.41) is 11.3. The predicted molar refractivity (Wildman–Crippen MR) is 104 cm³/mol. The van der Waals surface area contributed by atoms with Gasteiger partial charge in [0.05, 0.1) is 18.9 Å². The highest BCUT2D eigenvalue weighted by Crippen LogP contribution is 2.14. The smallest absolute Gasteiger partial charge is 0.290 e. The lowest BCUT2D eigenvalue weighted by Crippen LogP contribution is -2.35. The molecule has 150 valence electrons. The number of amides is 1. The Morgan fingerprint density at radius 1 is 1.25 bits per heavy atom. The van der Waals surface area contributed by atoms with E-state index >= 15 is 0 Å². The van der Waals surface area contributed by atoms with E-state index in [2.05, 4.69) is 33.5 Å². The first-order chi connectivity index (χ1) is 13.6. The lowest BCUT2D eigenvalue weighted by Gasteiger charge is -2.21. The quantitative estimate of drug-likeness (QED) is 0.608. The Morgan fingerprint density at radius 2 is 2.04 bits per heavy atom. The van der Waals surface area contributed by atoms with Gasteiger partial charge < -0.3 is 10.0 Å². The molecule has 0 spiro atoms. The average molecular weight is 386 g/mol. The van der Waals surface area contributed by atoms with E-state index in [1.54, 1.807) is 12.4 Å². The van der Waals surface area contributed by atoms with Crippen molar-refractivity contribution in [3.63, 3.8) is 0 Å². The Bertz CT molecular complexity index is 777. The molecule has 1 aliphatic heterocycles. The Balaban J connectivity index is 0.000000878. The number of rotatable bonds is 5. The van der Waals surface area contributed by atoms with Gasteiger partial charge >= 0.3 is 0 Å². The molecule has 1 amide bonds. The fourth-order valence-electron chi connectivity index (χ4n) is 3.09. The monoisotopic (exact) mass is 386 g/mol. The second-order valence-corrected chi connectivity index (χ2v) is 6.34. The first kappa shape index (κ1) is 21.2. The van der Waals surface area contributed by atoms with E-state index < -0.39 is 0 Å². The maximum Gasteiger partial charge on any atom is 0.290 e. The Kier molecular flexibility index (Phi) is 8.29. The van der Waals surface area contributed by atoms with Gasteiger partial charge in [-0.05, 0) is 13.3 Å². The molecule has 2 aromatic heterocycles. The lowest BCUT2D eigenvalue weighted by atomic mass is 10.2. The van der Waals surface area contributed by atoms with Crippen molar-refractivity contribution in [2.24, 2.45) is 0 Å². The molecule has 28 heavy (non-hydrogen) atoms. The first-order valence-corrected chi connectivity index (χ1v) is 9.08. The summed E-state index contributed by atoms with van der Waals surface area (Å²) in [4.78, 5) is 33.2. The van der Waals surface area contributed by atoms with E-state index in [-0.39, 0.29) is 12.4 Å². The largest absolute Gasteiger partial charge is 0.483 e. The van der Waals surface area contributed by atoms with Crippen molar-refractivity contribution >= 4 is 12.4 Å². The van der Waals surface area contributed by atoms with Crippen molar-refractivity contribution in [2.45, 2.75) is 26.4 Å². The van der Waals surface area contributed by atoms with Gasteiger partial charge in [0.15, 0.2) is 0 Å². The van der Waals surface area contributed by atoms with Crippen LogP contribution in [0.1, 0.15) is 28.2 Å². The van der Waals surface area contributed by atoms with E-state index in [1.165, 1.54) is 17.5 Å². The Morgan fingerprint density at radius 3 is 2.71 bits per heavy atom. The summed E-state index contributed by atoms with van der Waals surface area (Å²) in [6.45, 7) is 10.5. The molecule has 0 saturated carbocycles. The zero-order valence-corrected chi connectivity index (χ0v) is 16.1. The molecule has 0 aliphatic carbocycles. The predicted octanol–water partition coefficient (Wildman–Crippen LogP) is 1.22. The van der Waals surface area contributed by atoms with Crippen LogP contribution in [0.5, 0.6) is 0 Å². The zero-order chi connectivity index (χ0) is 20.4. The van der Waals surface area contributed by atoms with Crippen molar-refractivity contribution in [1.82, 2.24) is 29.5 Å². The third-order valence-electron chi connectivity index (χ3n) is 4.56. The average Bonchev–Trinajstić information content (AvgIpc) is 2.91. The van der Waals surface area contributed by atoms with Crippen LogP contribution in [0.2, 0.25) is 0 Å². The molecule has 2 aromatic rings. The molecule has 1 aliphatic rings. The summed E-state index contributed by atoms with van der Waals surface area (Å²) in [5.74, 6) is -0.0371. The molecular weight excluding hydrogens is 360 g/mol. The van der Waals surface area contributed by atoms with Gasteiger partial charge in [0.1, 0.15) is 5.69 Å². The van der Waals surface area contributed by atoms with Gasteiger partial charge in [0, 0.05) is 56.4 Å². The second kappa shape index (κ2) is 10.9. The van der Waals surface area contributed by atoms with Gasteiger partial charge in [-0.25, -0.2) is 4.98 Å². The molecular formula is C19H26N6O3.